The van der Waals surface area contributed by atoms with E-state index in [1.807, 2.05) is 36.6 Å². The van der Waals surface area contributed by atoms with Gasteiger partial charge in [-0.3, -0.25) is 5.43 Å². The van der Waals surface area contributed by atoms with Crippen molar-refractivity contribution in [1.29, 1.82) is 0 Å². The van der Waals surface area contributed by atoms with Crippen molar-refractivity contribution in [3.63, 3.8) is 0 Å². The highest BCUT2D eigenvalue weighted by molar-refractivity contribution is 9.10. The molecule has 1 aromatic heterocycles. The summed E-state index contributed by atoms with van der Waals surface area (Å²) in [5, 5.41) is 2.58. The predicted octanol–water partition coefficient (Wildman–Crippen LogP) is 6.87. The standard InChI is InChI=1S/C19H13BrF3N3S.BrH/c1-11-5-7-12(8-6-11)15-10-27-18-24-16(17(20)26(18)25-15)13-3-2-4-14(9-13)19(21,22)23;/h2-10,25H,1H3;1H. The number of imidazole rings is 1. The molecule has 0 amide bonds. The monoisotopic (exact) mass is 531 g/mol. The van der Waals surface area contributed by atoms with E-state index in [1.165, 1.54) is 23.4 Å². The Morgan fingerprint density at radius 3 is 2.46 bits per heavy atom. The highest BCUT2D eigenvalue weighted by Crippen LogP contribution is 2.38. The molecule has 9 heteroatoms. The number of aromatic nitrogens is 2. The van der Waals surface area contributed by atoms with Gasteiger partial charge in [0, 0.05) is 11.0 Å². The predicted molar refractivity (Wildman–Crippen MR) is 115 cm³/mol. The summed E-state index contributed by atoms with van der Waals surface area (Å²) in [5.74, 6) is 0. The van der Waals surface area contributed by atoms with Gasteiger partial charge in [-0.1, -0.05) is 53.7 Å². The van der Waals surface area contributed by atoms with Crippen LogP contribution in [0.15, 0.2) is 63.7 Å². The highest BCUT2D eigenvalue weighted by atomic mass is 79.9. The number of benzene rings is 2. The molecule has 0 saturated carbocycles. The van der Waals surface area contributed by atoms with Crippen molar-refractivity contribution >= 4 is 50.4 Å². The zero-order valence-electron chi connectivity index (χ0n) is 14.4. The fraction of sp³-hybridized carbons (Fsp3) is 0.105. The Labute approximate surface area is 182 Å². The number of hydrogen-bond donors (Lipinski definition) is 1. The lowest BCUT2D eigenvalue weighted by atomic mass is 10.1. The van der Waals surface area contributed by atoms with Gasteiger partial charge in [0.2, 0.25) is 0 Å². The van der Waals surface area contributed by atoms with Crippen molar-refractivity contribution in [2.24, 2.45) is 0 Å². The molecule has 3 nitrogen and oxygen atoms in total. The molecule has 3 aromatic rings. The summed E-state index contributed by atoms with van der Waals surface area (Å²) in [7, 11) is 0. The minimum atomic E-state index is -4.39. The second kappa shape index (κ2) is 7.96. The lowest BCUT2D eigenvalue weighted by Gasteiger charge is -2.19. The summed E-state index contributed by atoms with van der Waals surface area (Å²) in [6.07, 6.45) is -4.39. The van der Waals surface area contributed by atoms with E-state index in [9.17, 15) is 13.2 Å². The second-order valence-corrected chi connectivity index (χ2v) is 7.66. The first kappa shape index (κ1) is 21.0. The lowest BCUT2D eigenvalue weighted by molar-refractivity contribution is -0.137. The number of alkyl halides is 3. The van der Waals surface area contributed by atoms with E-state index >= 15 is 0 Å². The summed E-state index contributed by atoms with van der Waals surface area (Å²) < 4.78 is 41.4. The fourth-order valence-corrected chi connectivity index (χ4v) is 4.20. The van der Waals surface area contributed by atoms with Crippen LogP contribution in [0.1, 0.15) is 16.7 Å². The van der Waals surface area contributed by atoms with Crippen LogP contribution in [0.4, 0.5) is 13.2 Å². The summed E-state index contributed by atoms with van der Waals surface area (Å²) in [5.41, 5.74) is 6.49. The Bertz CT molecular complexity index is 1040. The normalized spacial score (nSPS) is 13.2. The third-order valence-corrected chi connectivity index (χ3v) is 5.70. The van der Waals surface area contributed by atoms with Crippen molar-refractivity contribution in [2.45, 2.75) is 18.3 Å². The summed E-state index contributed by atoms with van der Waals surface area (Å²) >= 11 is 4.89. The van der Waals surface area contributed by atoms with Crippen LogP contribution in [0, 0.1) is 6.92 Å². The Kier molecular flexibility index (Phi) is 5.97. The molecule has 0 unspecified atom stereocenters. The Morgan fingerprint density at radius 1 is 1.07 bits per heavy atom. The third-order valence-electron chi connectivity index (χ3n) is 4.13. The fourth-order valence-electron chi connectivity index (χ4n) is 2.71. The first-order chi connectivity index (χ1) is 12.8. The van der Waals surface area contributed by atoms with Gasteiger partial charge in [0.1, 0.15) is 10.3 Å². The molecule has 0 aliphatic carbocycles. The van der Waals surface area contributed by atoms with Gasteiger partial charge in [0.05, 0.1) is 11.3 Å². The van der Waals surface area contributed by atoms with E-state index in [-0.39, 0.29) is 17.0 Å². The van der Waals surface area contributed by atoms with Gasteiger partial charge in [-0.05, 0) is 40.5 Å². The van der Waals surface area contributed by atoms with Gasteiger partial charge in [0.25, 0.3) is 0 Å². The lowest BCUT2D eigenvalue weighted by Crippen LogP contribution is -2.17. The van der Waals surface area contributed by atoms with Crippen molar-refractivity contribution in [2.75, 3.05) is 5.43 Å². The van der Waals surface area contributed by atoms with Gasteiger partial charge in [-0.15, -0.1) is 17.0 Å². The quantitative estimate of drug-likeness (QED) is 0.390. The molecular formula is C19H14Br2F3N3S. The minimum Gasteiger partial charge on any atom is -0.290 e. The second-order valence-electron chi connectivity index (χ2n) is 6.07. The SMILES string of the molecule is Br.Cc1ccc(C2=CSc3nc(-c4cccc(C(F)(F)F)c4)c(Br)n3N2)cc1. The number of nitrogens with one attached hydrogen (secondary N) is 1. The molecule has 2 heterocycles. The van der Waals surface area contributed by atoms with Crippen LogP contribution in [0.5, 0.6) is 0 Å². The van der Waals surface area contributed by atoms with E-state index in [2.05, 4.69) is 26.3 Å². The van der Waals surface area contributed by atoms with E-state index in [0.717, 1.165) is 23.4 Å². The Hall–Kier alpha value is -1.71. The number of thioether (sulfide) groups is 1. The molecule has 1 aliphatic heterocycles. The third kappa shape index (κ3) is 4.01. The number of hydrogen-bond acceptors (Lipinski definition) is 3. The zero-order valence-corrected chi connectivity index (χ0v) is 18.5. The number of fused-ring (bicyclic) bond motifs is 1. The number of rotatable bonds is 2. The molecule has 0 saturated heterocycles. The number of aryl methyl sites for hydroxylation is 1. The molecular weight excluding hydrogens is 519 g/mol. The maximum atomic E-state index is 13.0. The van der Waals surface area contributed by atoms with E-state index in [1.54, 1.807) is 10.7 Å². The molecule has 0 spiro atoms. The minimum absolute atomic E-state index is 0. The van der Waals surface area contributed by atoms with Gasteiger partial charge < -0.3 is 0 Å². The molecule has 2 aromatic carbocycles. The van der Waals surface area contributed by atoms with E-state index in [0.29, 0.717) is 21.0 Å². The van der Waals surface area contributed by atoms with Crippen molar-refractivity contribution in [3.05, 3.63) is 75.2 Å². The van der Waals surface area contributed by atoms with Crippen LogP contribution in [0.25, 0.3) is 17.0 Å². The number of halogens is 5. The van der Waals surface area contributed by atoms with Gasteiger partial charge in [0.15, 0.2) is 5.16 Å². The molecule has 0 fully saturated rings. The van der Waals surface area contributed by atoms with Crippen LogP contribution < -0.4 is 5.43 Å². The van der Waals surface area contributed by atoms with Crippen LogP contribution in [-0.4, -0.2) is 9.66 Å². The largest absolute Gasteiger partial charge is 0.416 e. The zero-order chi connectivity index (χ0) is 19.2. The summed E-state index contributed by atoms with van der Waals surface area (Å²) in [6, 6.07) is 13.2. The van der Waals surface area contributed by atoms with Crippen molar-refractivity contribution < 1.29 is 13.2 Å². The van der Waals surface area contributed by atoms with Crippen molar-refractivity contribution in [3.8, 4) is 11.3 Å². The first-order valence-corrected chi connectivity index (χ1v) is 9.67. The Balaban J connectivity index is 0.00000225. The smallest absolute Gasteiger partial charge is 0.290 e. The highest BCUT2D eigenvalue weighted by Gasteiger charge is 2.31. The first-order valence-electron chi connectivity index (χ1n) is 8.00. The molecule has 4 rings (SSSR count). The maximum Gasteiger partial charge on any atom is 0.416 e. The van der Waals surface area contributed by atoms with Gasteiger partial charge in [-0.2, -0.15) is 13.2 Å². The Morgan fingerprint density at radius 2 is 1.79 bits per heavy atom. The molecule has 0 atom stereocenters. The average Bonchev–Trinajstić information content (AvgIpc) is 2.98. The van der Waals surface area contributed by atoms with Crippen LogP contribution >= 0.6 is 44.7 Å². The van der Waals surface area contributed by atoms with Gasteiger partial charge in [-0.25, -0.2) is 9.66 Å². The molecule has 0 bridgehead atoms. The van der Waals surface area contributed by atoms with Crippen molar-refractivity contribution in [1.82, 2.24) is 9.66 Å². The average molecular weight is 533 g/mol. The van der Waals surface area contributed by atoms with Gasteiger partial charge >= 0.3 is 6.18 Å². The number of nitrogens with zero attached hydrogens (tertiary/aromatic N) is 2. The van der Waals surface area contributed by atoms with Crippen LogP contribution in [0.2, 0.25) is 0 Å². The topological polar surface area (TPSA) is 29.9 Å². The summed E-state index contributed by atoms with van der Waals surface area (Å²) in [4.78, 5) is 4.49. The van der Waals surface area contributed by atoms with Crippen LogP contribution in [0.3, 0.4) is 0 Å². The van der Waals surface area contributed by atoms with E-state index < -0.39 is 11.7 Å². The molecule has 1 N–H and O–H groups in total. The van der Waals surface area contributed by atoms with E-state index in [4.69, 9.17) is 0 Å². The maximum absolute atomic E-state index is 13.0. The molecule has 28 heavy (non-hydrogen) atoms. The molecule has 1 aliphatic rings. The summed E-state index contributed by atoms with van der Waals surface area (Å²) in [6.45, 7) is 2.02. The van der Waals surface area contributed by atoms with Crippen LogP contribution in [-0.2, 0) is 6.18 Å². The molecule has 146 valence electrons. The molecule has 0 radical (unpaired) electrons.